The Labute approximate surface area is 175 Å². The molecule has 0 saturated carbocycles. The summed E-state index contributed by atoms with van der Waals surface area (Å²) in [5.74, 6) is -0.321. The lowest BCUT2D eigenvalue weighted by atomic mass is 10.2. The number of benzene rings is 2. The number of thioether (sulfide) groups is 1. The first-order valence-corrected chi connectivity index (χ1v) is 13.4. The highest BCUT2D eigenvalue weighted by Crippen LogP contribution is 2.40. The Hall–Kier alpha value is -1.56. The zero-order chi connectivity index (χ0) is 20.9. The SMILES string of the molecule is Cc1cc(C)cc(SC(O[Si](C)(C)C(C)(C)C)C(=O)OCc2ccccc2)c1. The maximum absolute atomic E-state index is 12.9. The van der Waals surface area contributed by atoms with E-state index in [0.29, 0.717) is 0 Å². The summed E-state index contributed by atoms with van der Waals surface area (Å²) in [5, 5.41) is 0.00798. The van der Waals surface area contributed by atoms with Crippen molar-refractivity contribution in [2.45, 2.75) is 69.7 Å². The maximum atomic E-state index is 12.9. The minimum Gasteiger partial charge on any atom is -0.458 e. The summed E-state index contributed by atoms with van der Waals surface area (Å²) in [6, 6.07) is 16.0. The summed E-state index contributed by atoms with van der Waals surface area (Å²) in [6.07, 6.45) is 0. The Morgan fingerprint density at radius 1 is 1.04 bits per heavy atom. The molecule has 152 valence electrons. The van der Waals surface area contributed by atoms with Crippen LogP contribution in [0.25, 0.3) is 0 Å². The van der Waals surface area contributed by atoms with Crippen molar-refractivity contribution in [3.05, 3.63) is 65.2 Å². The number of carbonyl (C=O) groups is 1. The molecule has 0 spiro atoms. The van der Waals surface area contributed by atoms with Gasteiger partial charge in [0.25, 0.3) is 0 Å². The molecule has 0 amide bonds. The quantitative estimate of drug-likeness (QED) is 0.224. The second kappa shape index (κ2) is 9.29. The normalized spacial score (nSPS) is 13.2. The zero-order valence-electron chi connectivity index (χ0n) is 18.0. The van der Waals surface area contributed by atoms with Crippen LogP contribution in [0.4, 0.5) is 0 Å². The van der Waals surface area contributed by atoms with E-state index in [1.54, 1.807) is 0 Å². The zero-order valence-corrected chi connectivity index (χ0v) is 19.9. The van der Waals surface area contributed by atoms with Gasteiger partial charge in [0.1, 0.15) is 6.61 Å². The third kappa shape index (κ3) is 6.50. The molecule has 5 heteroatoms. The molecule has 0 radical (unpaired) electrons. The number of aryl methyl sites for hydroxylation is 2. The number of esters is 1. The van der Waals surface area contributed by atoms with Crippen molar-refractivity contribution in [1.29, 1.82) is 0 Å². The number of carbonyl (C=O) groups excluding carboxylic acids is 1. The van der Waals surface area contributed by atoms with E-state index in [-0.39, 0.29) is 17.6 Å². The van der Waals surface area contributed by atoms with Crippen LogP contribution < -0.4 is 0 Å². The van der Waals surface area contributed by atoms with Gasteiger partial charge in [0.05, 0.1) is 0 Å². The van der Waals surface area contributed by atoms with E-state index in [2.05, 4.69) is 65.9 Å². The predicted octanol–water partition coefficient (Wildman–Crippen LogP) is 6.49. The fourth-order valence-electron chi connectivity index (χ4n) is 2.49. The molecule has 0 saturated heterocycles. The molecular formula is C23H32O3SSi. The topological polar surface area (TPSA) is 35.5 Å². The van der Waals surface area contributed by atoms with Gasteiger partial charge in [0.2, 0.25) is 0 Å². The first kappa shape index (κ1) is 22.7. The van der Waals surface area contributed by atoms with Crippen LogP contribution in [0.2, 0.25) is 18.1 Å². The standard InChI is InChI=1S/C23H32O3SSi/c1-17-13-18(2)15-20(14-17)27-22(26-28(6,7)23(3,4)5)21(24)25-16-19-11-9-8-10-12-19/h8-15,22H,16H2,1-7H3. The Kier molecular flexibility index (Phi) is 7.54. The van der Waals surface area contributed by atoms with E-state index in [4.69, 9.17) is 9.16 Å². The first-order valence-electron chi connectivity index (χ1n) is 9.61. The van der Waals surface area contributed by atoms with Gasteiger partial charge in [-0.15, -0.1) is 0 Å². The van der Waals surface area contributed by atoms with Crippen LogP contribution in [-0.4, -0.2) is 19.7 Å². The largest absolute Gasteiger partial charge is 0.458 e. The van der Waals surface area contributed by atoms with Crippen LogP contribution in [0.5, 0.6) is 0 Å². The van der Waals surface area contributed by atoms with Gasteiger partial charge in [-0.2, -0.15) is 0 Å². The monoisotopic (exact) mass is 416 g/mol. The van der Waals surface area contributed by atoms with Crippen LogP contribution in [0, 0.1) is 13.8 Å². The van der Waals surface area contributed by atoms with Crippen molar-refractivity contribution in [2.75, 3.05) is 0 Å². The average molecular weight is 417 g/mol. The van der Waals surface area contributed by atoms with E-state index in [0.717, 1.165) is 10.5 Å². The smallest absolute Gasteiger partial charge is 0.345 e. The molecule has 0 aliphatic heterocycles. The van der Waals surface area contributed by atoms with Crippen molar-refractivity contribution < 1.29 is 14.0 Å². The molecule has 0 heterocycles. The van der Waals surface area contributed by atoms with E-state index in [1.807, 2.05) is 30.3 Å². The molecular weight excluding hydrogens is 384 g/mol. The average Bonchev–Trinajstić information content (AvgIpc) is 2.58. The third-order valence-corrected chi connectivity index (χ3v) is 10.7. The highest BCUT2D eigenvalue weighted by molar-refractivity contribution is 8.00. The molecule has 2 aromatic rings. The minimum absolute atomic E-state index is 0.00798. The summed E-state index contributed by atoms with van der Waals surface area (Å²) in [5.41, 5.74) is 2.64. The molecule has 0 bridgehead atoms. The minimum atomic E-state index is -2.14. The molecule has 28 heavy (non-hydrogen) atoms. The van der Waals surface area contributed by atoms with E-state index >= 15 is 0 Å². The van der Waals surface area contributed by atoms with Crippen LogP contribution in [-0.2, 0) is 20.6 Å². The highest BCUT2D eigenvalue weighted by Gasteiger charge is 2.41. The van der Waals surface area contributed by atoms with E-state index in [9.17, 15) is 4.79 Å². The Bertz CT molecular complexity index is 777. The van der Waals surface area contributed by atoms with Gasteiger partial charge in [-0.1, -0.05) is 68.9 Å². The summed E-state index contributed by atoms with van der Waals surface area (Å²) >= 11 is 1.44. The summed E-state index contributed by atoms with van der Waals surface area (Å²) in [7, 11) is -2.14. The first-order chi connectivity index (χ1) is 13.0. The molecule has 1 atom stereocenters. The highest BCUT2D eigenvalue weighted by atomic mass is 32.2. The second-order valence-corrected chi connectivity index (χ2v) is 14.6. The van der Waals surface area contributed by atoms with Gasteiger partial charge in [0.15, 0.2) is 13.8 Å². The molecule has 0 fully saturated rings. The fourth-order valence-corrected chi connectivity index (χ4v) is 5.30. The van der Waals surface area contributed by atoms with Crippen LogP contribution in [0.15, 0.2) is 53.4 Å². The summed E-state index contributed by atoms with van der Waals surface area (Å²) < 4.78 is 12.1. The molecule has 0 aliphatic carbocycles. The second-order valence-electron chi connectivity index (χ2n) is 8.74. The number of hydrogen-bond acceptors (Lipinski definition) is 4. The van der Waals surface area contributed by atoms with Gasteiger partial charge in [-0.25, -0.2) is 4.79 Å². The van der Waals surface area contributed by atoms with E-state index < -0.39 is 13.8 Å². The molecule has 0 N–H and O–H groups in total. The van der Waals surface area contributed by atoms with Gasteiger partial charge in [0, 0.05) is 4.90 Å². The Morgan fingerprint density at radius 3 is 2.14 bits per heavy atom. The molecule has 0 aromatic heterocycles. The molecule has 2 rings (SSSR count). The van der Waals surface area contributed by atoms with Crippen LogP contribution >= 0.6 is 11.8 Å². The molecule has 0 aliphatic rings. The molecule has 3 nitrogen and oxygen atoms in total. The van der Waals surface area contributed by atoms with Crippen LogP contribution in [0.1, 0.15) is 37.5 Å². The van der Waals surface area contributed by atoms with Crippen molar-refractivity contribution in [3.8, 4) is 0 Å². The van der Waals surface area contributed by atoms with Gasteiger partial charge in [-0.3, -0.25) is 0 Å². The van der Waals surface area contributed by atoms with Crippen molar-refractivity contribution in [2.24, 2.45) is 0 Å². The molecule has 1 unspecified atom stereocenters. The number of hydrogen-bond donors (Lipinski definition) is 0. The predicted molar refractivity (Wildman–Crippen MR) is 120 cm³/mol. The van der Waals surface area contributed by atoms with Crippen molar-refractivity contribution in [1.82, 2.24) is 0 Å². The Morgan fingerprint density at radius 2 is 1.61 bits per heavy atom. The van der Waals surface area contributed by atoms with Crippen LogP contribution in [0.3, 0.4) is 0 Å². The van der Waals surface area contributed by atoms with E-state index in [1.165, 1.54) is 22.9 Å². The van der Waals surface area contributed by atoms with Gasteiger partial charge in [-0.05, 0) is 60.8 Å². The van der Waals surface area contributed by atoms with Gasteiger partial charge < -0.3 is 9.16 Å². The van der Waals surface area contributed by atoms with Crippen molar-refractivity contribution >= 4 is 26.0 Å². The maximum Gasteiger partial charge on any atom is 0.345 e. The van der Waals surface area contributed by atoms with Crippen molar-refractivity contribution in [3.63, 3.8) is 0 Å². The molecule has 2 aromatic carbocycles. The summed E-state index contributed by atoms with van der Waals surface area (Å²) in [4.78, 5) is 14.0. The number of ether oxygens (including phenoxy) is 1. The lowest BCUT2D eigenvalue weighted by Crippen LogP contribution is -2.45. The Balaban J connectivity index is 2.20. The fraction of sp³-hybridized carbons (Fsp3) is 0.435. The third-order valence-electron chi connectivity index (χ3n) is 5.06. The summed E-state index contributed by atoms with van der Waals surface area (Å²) in [6.45, 7) is 15.2. The number of rotatable bonds is 7. The van der Waals surface area contributed by atoms with Gasteiger partial charge >= 0.3 is 5.97 Å². The lowest BCUT2D eigenvalue weighted by Gasteiger charge is -2.38. The lowest BCUT2D eigenvalue weighted by molar-refractivity contribution is -0.149.